The van der Waals surface area contributed by atoms with Crippen LogP contribution in [0.1, 0.15) is 25.6 Å². The van der Waals surface area contributed by atoms with Gasteiger partial charge in [-0.2, -0.15) is 0 Å². The number of fused-ring (bicyclic) bond motifs is 2. The van der Waals surface area contributed by atoms with Crippen molar-refractivity contribution in [3.8, 4) is 11.3 Å². The Kier molecular flexibility index (Phi) is 3.41. The van der Waals surface area contributed by atoms with Gasteiger partial charge in [0.1, 0.15) is 5.82 Å². The molecule has 5 heteroatoms. The summed E-state index contributed by atoms with van der Waals surface area (Å²) in [6.07, 6.45) is 6.52. The summed E-state index contributed by atoms with van der Waals surface area (Å²) >= 11 is 0. The summed E-state index contributed by atoms with van der Waals surface area (Å²) in [6.45, 7) is 2.92. The van der Waals surface area contributed by atoms with Crippen molar-refractivity contribution in [2.75, 3.05) is 0 Å². The third kappa shape index (κ3) is 2.52. The van der Waals surface area contributed by atoms with Crippen LogP contribution in [0.15, 0.2) is 41.5 Å². The Balaban J connectivity index is 1.90. The van der Waals surface area contributed by atoms with Crippen molar-refractivity contribution >= 4 is 11.0 Å². The molecule has 0 fully saturated rings. The molecule has 0 bridgehead atoms. The van der Waals surface area contributed by atoms with E-state index in [2.05, 4.69) is 16.9 Å². The summed E-state index contributed by atoms with van der Waals surface area (Å²) in [5, 5.41) is 0. The average molecular weight is 306 g/mol. The lowest BCUT2D eigenvalue weighted by Crippen LogP contribution is -2.26. The molecular weight excluding hydrogens is 288 g/mol. The zero-order chi connectivity index (χ0) is 15.8. The van der Waals surface area contributed by atoms with Crippen LogP contribution in [-0.4, -0.2) is 19.5 Å². The molecule has 0 amide bonds. The van der Waals surface area contributed by atoms with Gasteiger partial charge in [-0.3, -0.25) is 14.3 Å². The number of pyridine rings is 2. The Hall–Kier alpha value is -2.56. The van der Waals surface area contributed by atoms with E-state index < -0.39 is 0 Å². The fourth-order valence-corrected chi connectivity index (χ4v) is 3.21. The molecule has 0 spiro atoms. The fraction of sp³-hybridized carbons (Fsp3) is 0.333. The number of aromatic nitrogens is 4. The Morgan fingerprint density at radius 2 is 2.17 bits per heavy atom. The van der Waals surface area contributed by atoms with Crippen molar-refractivity contribution in [2.45, 2.75) is 32.7 Å². The average Bonchev–Trinajstić information content (AvgIpc) is 2.77. The smallest absolute Gasteiger partial charge is 0.280 e. The van der Waals surface area contributed by atoms with E-state index >= 15 is 0 Å². The highest BCUT2D eigenvalue weighted by Crippen LogP contribution is 2.21. The van der Waals surface area contributed by atoms with E-state index in [9.17, 15) is 4.79 Å². The normalized spacial score (nSPS) is 17.7. The second-order valence-corrected chi connectivity index (χ2v) is 6.25. The molecule has 3 aromatic rings. The quantitative estimate of drug-likeness (QED) is 0.693. The second kappa shape index (κ2) is 5.57. The fourth-order valence-electron chi connectivity index (χ4n) is 3.21. The van der Waals surface area contributed by atoms with Gasteiger partial charge >= 0.3 is 0 Å². The molecule has 0 radical (unpaired) electrons. The zero-order valence-corrected chi connectivity index (χ0v) is 13.1. The molecule has 1 atom stereocenters. The van der Waals surface area contributed by atoms with Gasteiger partial charge in [-0.15, -0.1) is 0 Å². The van der Waals surface area contributed by atoms with Crippen molar-refractivity contribution in [2.24, 2.45) is 5.92 Å². The molecule has 1 unspecified atom stereocenters. The Labute approximate surface area is 134 Å². The predicted octanol–water partition coefficient (Wildman–Crippen LogP) is 2.83. The lowest BCUT2D eigenvalue weighted by atomic mass is 10.1. The maximum Gasteiger partial charge on any atom is 0.280 e. The maximum atomic E-state index is 12.8. The molecule has 0 aliphatic carbocycles. The Morgan fingerprint density at radius 3 is 3.00 bits per heavy atom. The third-order valence-electron chi connectivity index (χ3n) is 4.43. The van der Waals surface area contributed by atoms with E-state index in [0.717, 1.165) is 42.9 Å². The van der Waals surface area contributed by atoms with Crippen LogP contribution in [0.25, 0.3) is 22.3 Å². The van der Waals surface area contributed by atoms with Crippen molar-refractivity contribution < 1.29 is 0 Å². The molecular formula is C18H18N4O. The molecule has 4 heterocycles. The third-order valence-corrected chi connectivity index (χ3v) is 4.43. The van der Waals surface area contributed by atoms with E-state index in [4.69, 9.17) is 4.98 Å². The van der Waals surface area contributed by atoms with Crippen LogP contribution in [0, 0.1) is 5.92 Å². The SMILES string of the molecule is CC1CCCc2nc3cc(-c4ccccn4)cnc3c(=O)n2C1. The van der Waals surface area contributed by atoms with Crippen molar-refractivity contribution in [3.05, 3.63) is 52.8 Å². The van der Waals surface area contributed by atoms with E-state index in [1.165, 1.54) is 0 Å². The van der Waals surface area contributed by atoms with Gasteiger partial charge in [-0.25, -0.2) is 9.97 Å². The molecule has 0 aromatic carbocycles. The summed E-state index contributed by atoms with van der Waals surface area (Å²) in [6, 6.07) is 7.67. The van der Waals surface area contributed by atoms with Crippen molar-refractivity contribution in [1.82, 2.24) is 19.5 Å². The summed E-state index contributed by atoms with van der Waals surface area (Å²) < 4.78 is 1.81. The number of nitrogens with zero attached hydrogens (tertiary/aromatic N) is 4. The second-order valence-electron chi connectivity index (χ2n) is 6.25. The Bertz CT molecular complexity index is 917. The number of aryl methyl sites for hydroxylation is 1. The monoisotopic (exact) mass is 306 g/mol. The van der Waals surface area contributed by atoms with E-state index in [0.29, 0.717) is 17.0 Å². The number of hydrogen-bond acceptors (Lipinski definition) is 4. The van der Waals surface area contributed by atoms with Gasteiger partial charge < -0.3 is 0 Å². The molecule has 23 heavy (non-hydrogen) atoms. The molecule has 1 aliphatic rings. The van der Waals surface area contributed by atoms with Crippen LogP contribution < -0.4 is 5.56 Å². The molecule has 1 aliphatic heterocycles. The van der Waals surface area contributed by atoms with E-state index in [-0.39, 0.29) is 5.56 Å². The molecule has 0 saturated heterocycles. The number of rotatable bonds is 1. The van der Waals surface area contributed by atoms with Gasteiger partial charge in [0.2, 0.25) is 0 Å². The van der Waals surface area contributed by atoms with Gasteiger partial charge in [-0.1, -0.05) is 13.0 Å². The van der Waals surface area contributed by atoms with Crippen LogP contribution in [0.2, 0.25) is 0 Å². The van der Waals surface area contributed by atoms with Crippen LogP contribution >= 0.6 is 0 Å². The first-order chi connectivity index (χ1) is 11.2. The van der Waals surface area contributed by atoms with E-state index in [1.54, 1.807) is 12.4 Å². The van der Waals surface area contributed by atoms with Gasteiger partial charge in [-0.05, 0) is 37.0 Å². The lowest BCUT2D eigenvalue weighted by molar-refractivity contribution is 0.457. The Morgan fingerprint density at radius 1 is 1.26 bits per heavy atom. The topological polar surface area (TPSA) is 60.7 Å². The van der Waals surface area contributed by atoms with Crippen LogP contribution in [0.3, 0.4) is 0 Å². The molecule has 5 nitrogen and oxygen atoms in total. The highest BCUT2D eigenvalue weighted by Gasteiger charge is 2.18. The molecule has 0 saturated carbocycles. The van der Waals surface area contributed by atoms with E-state index in [1.807, 2.05) is 28.8 Å². The maximum absolute atomic E-state index is 12.8. The minimum atomic E-state index is -0.0219. The minimum absolute atomic E-state index is 0.0219. The highest BCUT2D eigenvalue weighted by atomic mass is 16.1. The van der Waals surface area contributed by atoms with Gasteiger partial charge in [0, 0.05) is 30.9 Å². The predicted molar refractivity (Wildman–Crippen MR) is 89.1 cm³/mol. The first-order valence-corrected chi connectivity index (χ1v) is 8.03. The highest BCUT2D eigenvalue weighted by molar-refractivity contribution is 5.78. The first-order valence-electron chi connectivity index (χ1n) is 8.03. The molecule has 3 aromatic heterocycles. The van der Waals surface area contributed by atoms with Gasteiger partial charge in [0.15, 0.2) is 5.52 Å². The lowest BCUT2D eigenvalue weighted by Gasteiger charge is -2.12. The van der Waals surface area contributed by atoms with Crippen LogP contribution in [-0.2, 0) is 13.0 Å². The summed E-state index contributed by atoms with van der Waals surface area (Å²) in [5.74, 6) is 1.38. The van der Waals surface area contributed by atoms with Crippen LogP contribution in [0.4, 0.5) is 0 Å². The number of hydrogen-bond donors (Lipinski definition) is 0. The summed E-state index contributed by atoms with van der Waals surface area (Å²) in [5.41, 5.74) is 2.82. The summed E-state index contributed by atoms with van der Waals surface area (Å²) in [7, 11) is 0. The molecule has 4 rings (SSSR count). The van der Waals surface area contributed by atoms with Crippen molar-refractivity contribution in [3.63, 3.8) is 0 Å². The van der Waals surface area contributed by atoms with Crippen molar-refractivity contribution in [1.29, 1.82) is 0 Å². The van der Waals surface area contributed by atoms with Crippen LogP contribution in [0.5, 0.6) is 0 Å². The van der Waals surface area contributed by atoms with Gasteiger partial charge in [0.25, 0.3) is 5.56 Å². The minimum Gasteiger partial charge on any atom is -0.295 e. The molecule has 116 valence electrons. The largest absolute Gasteiger partial charge is 0.295 e. The first kappa shape index (κ1) is 14.1. The standard InChI is InChI=1S/C18H18N4O/c1-12-5-4-7-16-21-15-9-13(14-6-2-3-8-19-14)10-20-17(15)18(23)22(16)11-12/h2-3,6,8-10,12H,4-5,7,11H2,1H3. The zero-order valence-electron chi connectivity index (χ0n) is 13.1. The van der Waals surface area contributed by atoms with Gasteiger partial charge in [0.05, 0.1) is 11.2 Å². The molecule has 0 N–H and O–H groups in total. The summed E-state index contributed by atoms with van der Waals surface area (Å²) in [4.78, 5) is 26.2.